The van der Waals surface area contributed by atoms with Crippen LogP contribution >= 0.6 is 11.3 Å². The lowest BCUT2D eigenvalue weighted by molar-refractivity contribution is -0.120. The van der Waals surface area contributed by atoms with Gasteiger partial charge in [-0.1, -0.05) is 41.7 Å². The molecular weight excluding hydrogens is 406 g/mol. The Bertz CT molecular complexity index is 1040. The van der Waals surface area contributed by atoms with Gasteiger partial charge in [-0.2, -0.15) is 0 Å². The molecule has 0 radical (unpaired) electrons. The molecule has 0 saturated carbocycles. The first-order valence-corrected chi connectivity index (χ1v) is 10.1. The Hall–Kier alpha value is -3.66. The van der Waals surface area contributed by atoms with Crippen LogP contribution in [0.15, 0.2) is 48.5 Å². The van der Waals surface area contributed by atoms with Crippen molar-refractivity contribution in [1.29, 1.82) is 0 Å². The zero-order chi connectivity index (χ0) is 20.8. The largest absolute Gasteiger partial charge is 0.486 e. The van der Waals surface area contributed by atoms with E-state index in [1.54, 1.807) is 18.2 Å². The summed E-state index contributed by atoms with van der Waals surface area (Å²) in [5.74, 6) is 1.06. The number of anilines is 2. The van der Waals surface area contributed by atoms with Gasteiger partial charge in [0.1, 0.15) is 18.2 Å². The monoisotopic (exact) mass is 425 g/mol. The molecule has 2 aromatic carbocycles. The van der Waals surface area contributed by atoms with E-state index in [9.17, 15) is 9.59 Å². The Morgan fingerprint density at radius 2 is 1.77 bits per heavy atom. The normalized spacial score (nSPS) is 12.1. The van der Waals surface area contributed by atoms with Gasteiger partial charge in [-0.15, -0.1) is 10.2 Å². The summed E-state index contributed by atoms with van der Waals surface area (Å²) in [7, 11) is 0. The molecule has 30 heavy (non-hydrogen) atoms. The SMILES string of the molecule is O=C(Cc1nnc(NC(=O)Nc2ccc3c(c2)OCCO3)s1)NCc1ccccc1. The summed E-state index contributed by atoms with van der Waals surface area (Å²) in [5.41, 5.74) is 1.57. The van der Waals surface area contributed by atoms with Gasteiger partial charge >= 0.3 is 6.03 Å². The highest BCUT2D eigenvalue weighted by atomic mass is 32.1. The molecule has 0 bridgehead atoms. The topological polar surface area (TPSA) is 114 Å². The second-order valence-electron chi connectivity index (χ2n) is 6.38. The molecule has 4 rings (SSSR count). The van der Waals surface area contributed by atoms with Crippen LogP contribution in [0.1, 0.15) is 10.6 Å². The fourth-order valence-electron chi connectivity index (χ4n) is 2.75. The Labute approximate surface area is 176 Å². The number of nitrogens with one attached hydrogen (secondary N) is 3. The minimum Gasteiger partial charge on any atom is -0.486 e. The lowest BCUT2D eigenvalue weighted by Gasteiger charge is -2.18. The van der Waals surface area contributed by atoms with Crippen molar-refractivity contribution < 1.29 is 19.1 Å². The van der Waals surface area contributed by atoms with Crippen molar-refractivity contribution in [3.05, 3.63) is 59.1 Å². The van der Waals surface area contributed by atoms with E-state index >= 15 is 0 Å². The number of carbonyl (C=O) groups excluding carboxylic acids is 2. The van der Waals surface area contributed by atoms with E-state index in [-0.39, 0.29) is 12.3 Å². The molecule has 0 spiro atoms. The summed E-state index contributed by atoms with van der Waals surface area (Å²) >= 11 is 1.14. The van der Waals surface area contributed by atoms with Crippen molar-refractivity contribution in [2.24, 2.45) is 0 Å². The van der Waals surface area contributed by atoms with Gasteiger partial charge in [-0.05, 0) is 17.7 Å². The van der Waals surface area contributed by atoms with Gasteiger partial charge in [0.2, 0.25) is 11.0 Å². The smallest absolute Gasteiger partial charge is 0.325 e. The van der Waals surface area contributed by atoms with Crippen LogP contribution in [0.3, 0.4) is 0 Å². The van der Waals surface area contributed by atoms with E-state index in [4.69, 9.17) is 9.47 Å². The van der Waals surface area contributed by atoms with Gasteiger partial charge in [-0.25, -0.2) is 4.79 Å². The van der Waals surface area contributed by atoms with Crippen molar-refractivity contribution in [2.45, 2.75) is 13.0 Å². The van der Waals surface area contributed by atoms with Gasteiger partial charge in [0.05, 0.1) is 6.42 Å². The molecule has 3 N–H and O–H groups in total. The molecule has 3 amide bonds. The minimum absolute atomic E-state index is 0.0932. The zero-order valence-electron chi connectivity index (χ0n) is 15.9. The summed E-state index contributed by atoms with van der Waals surface area (Å²) < 4.78 is 11.0. The molecule has 3 aromatic rings. The number of fused-ring (bicyclic) bond motifs is 1. The highest BCUT2D eigenvalue weighted by molar-refractivity contribution is 7.15. The van der Waals surface area contributed by atoms with E-state index in [0.29, 0.717) is 47.1 Å². The van der Waals surface area contributed by atoms with Crippen molar-refractivity contribution in [3.8, 4) is 11.5 Å². The molecule has 0 atom stereocenters. The standard InChI is InChI=1S/C20H19N5O4S/c26-17(21-12-13-4-2-1-3-5-13)11-18-24-25-20(30-18)23-19(27)22-14-6-7-15-16(10-14)29-9-8-28-15/h1-7,10H,8-9,11-12H2,(H,21,26)(H2,22,23,25,27). The third-order valence-electron chi connectivity index (χ3n) is 4.13. The fourth-order valence-corrected chi connectivity index (χ4v) is 3.49. The number of benzene rings is 2. The number of hydrogen-bond donors (Lipinski definition) is 3. The second-order valence-corrected chi connectivity index (χ2v) is 7.44. The Balaban J connectivity index is 1.26. The lowest BCUT2D eigenvalue weighted by atomic mass is 10.2. The van der Waals surface area contributed by atoms with Gasteiger partial charge in [0.25, 0.3) is 0 Å². The van der Waals surface area contributed by atoms with Crippen LogP contribution in [-0.4, -0.2) is 35.3 Å². The Morgan fingerprint density at radius 3 is 2.60 bits per heavy atom. The van der Waals surface area contributed by atoms with Gasteiger partial charge in [-0.3, -0.25) is 10.1 Å². The number of aromatic nitrogens is 2. The number of carbonyl (C=O) groups is 2. The molecule has 154 valence electrons. The predicted octanol–water partition coefficient (Wildman–Crippen LogP) is 2.81. The molecule has 10 heteroatoms. The maximum absolute atomic E-state index is 12.2. The maximum Gasteiger partial charge on any atom is 0.325 e. The number of hydrogen-bond acceptors (Lipinski definition) is 7. The van der Waals surface area contributed by atoms with Crippen LogP contribution in [0.4, 0.5) is 15.6 Å². The Morgan fingerprint density at radius 1 is 0.967 bits per heavy atom. The quantitative estimate of drug-likeness (QED) is 0.560. The Kier molecular flexibility index (Phi) is 6.04. The molecule has 2 heterocycles. The third-order valence-corrected chi connectivity index (χ3v) is 4.97. The second kappa shape index (κ2) is 9.23. The highest BCUT2D eigenvalue weighted by Gasteiger charge is 2.14. The van der Waals surface area contributed by atoms with E-state index in [1.165, 1.54) is 0 Å². The molecular formula is C20H19N5O4S. The third kappa shape index (κ3) is 5.23. The van der Waals surface area contributed by atoms with Crippen LogP contribution in [0.2, 0.25) is 0 Å². The van der Waals surface area contributed by atoms with E-state index < -0.39 is 6.03 Å². The zero-order valence-corrected chi connectivity index (χ0v) is 16.7. The molecule has 9 nitrogen and oxygen atoms in total. The molecule has 0 saturated heterocycles. The minimum atomic E-state index is -0.470. The van der Waals surface area contributed by atoms with Crippen LogP contribution in [0.5, 0.6) is 11.5 Å². The predicted molar refractivity (Wildman–Crippen MR) is 112 cm³/mol. The molecule has 0 fully saturated rings. The number of rotatable bonds is 6. The molecule has 1 aliphatic heterocycles. The van der Waals surface area contributed by atoms with Gasteiger partial charge < -0.3 is 20.1 Å². The van der Waals surface area contributed by atoms with Crippen LogP contribution in [0, 0.1) is 0 Å². The van der Waals surface area contributed by atoms with Crippen molar-refractivity contribution in [3.63, 3.8) is 0 Å². The van der Waals surface area contributed by atoms with Gasteiger partial charge in [0.15, 0.2) is 11.5 Å². The first kappa shape index (κ1) is 19.6. The van der Waals surface area contributed by atoms with Crippen LogP contribution in [0.25, 0.3) is 0 Å². The lowest BCUT2D eigenvalue weighted by Crippen LogP contribution is -2.24. The highest BCUT2D eigenvalue weighted by Crippen LogP contribution is 2.32. The van der Waals surface area contributed by atoms with E-state index in [1.807, 2.05) is 30.3 Å². The van der Waals surface area contributed by atoms with Crippen molar-refractivity contribution in [2.75, 3.05) is 23.8 Å². The summed E-state index contributed by atoms with van der Waals surface area (Å²) in [6.45, 7) is 1.42. The number of nitrogens with zero attached hydrogens (tertiary/aromatic N) is 2. The number of ether oxygens (including phenoxy) is 2. The van der Waals surface area contributed by atoms with Crippen LogP contribution in [-0.2, 0) is 17.8 Å². The summed E-state index contributed by atoms with van der Waals surface area (Å²) in [5, 5.41) is 16.8. The molecule has 0 aliphatic carbocycles. The number of amides is 3. The first-order chi connectivity index (χ1) is 14.7. The summed E-state index contributed by atoms with van der Waals surface area (Å²) in [6, 6.07) is 14.3. The first-order valence-electron chi connectivity index (χ1n) is 9.26. The summed E-state index contributed by atoms with van der Waals surface area (Å²) in [4.78, 5) is 24.3. The average Bonchev–Trinajstić information content (AvgIpc) is 3.19. The number of urea groups is 1. The average molecular weight is 425 g/mol. The maximum atomic E-state index is 12.2. The van der Waals surface area contributed by atoms with Crippen LogP contribution < -0.4 is 25.4 Å². The van der Waals surface area contributed by atoms with Crippen molar-refractivity contribution in [1.82, 2.24) is 15.5 Å². The van der Waals surface area contributed by atoms with Crippen molar-refractivity contribution >= 4 is 34.1 Å². The molecule has 1 aliphatic rings. The summed E-state index contributed by atoms with van der Waals surface area (Å²) in [6.07, 6.45) is 0.0932. The van der Waals surface area contributed by atoms with Gasteiger partial charge in [0, 0.05) is 18.3 Å². The van der Waals surface area contributed by atoms with E-state index in [2.05, 4.69) is 26.1 Å². The van der Waals surface area contributed by atoms with E-state index in [0.717, 1.165) is 16.9 Å². The molecule has 1 aromatic heterocycles. The molecule has 0 unspecified atom stereocenters. The fraction of sp³-hybridized carbons (Fsp3) is 0.200.